The predicted octanol–water partition coefficient (Wildman–Crippen LogP) is 2.76. The molecular formula is C26H36N4O6S4. The highest BCUT2D eigenvalue weighted by molar-refractivity contribution is 8.29. The molecule has 10 nitrogen and oxygen atoms in total. The van der Waals surface area contributed by atoms with E-state index in [4.69, 9.17) is 33.9 Å². The van der Waals surface area contributed by atoms with Gasteiger partial charge in [0.2, 0.25) is 11.8 Å². The molecule has 4 rings (SSSR count). The number of unbranched alkanes of at least 4 members (excludes halogenated alkanes) is 4. The summed E-state index contributed by atoms with van der Waals surface area (Å²) in [5, 5.41) is 0. The quantitative estimate of drug-likeness (QED) is 0.182. The minimum absolute atomic E-state index is 0.150. The van der Waals surface area contributed by atoms with Crippen LogP contribution in [0.4, 0.5) is 0 Å². The fourth-order valence-electron chi connectivity index (χ4n) is 4.84. The summed E-state index contributed by atoms with van der Waals surface area (Å²) in [7, 11) is 0. The fraction of sp³-hybridized carbons (Fsp3) is 0.692. The van der Waals surface area contributed by atoms with Crippen molar-refractivity contribution < 1.29 is 28.7 Å². The lowest BCUT2D eigenvalue weighted by atomic mass is 10.1. The molecular weight excluding hydrogens is 593 g/mol. The summed E-state index contributed by atoms with van der Waals surface area (Å²) in [6, 6.07) is 0. The lowest BCUT2D eigenvalue weighted by Crippen LogP contribution is -2.40. The Morgan fingerprint density at radius 1 is 0.625 bits per heavy atom. The summed E-state index contributed by atoms with van der Waals surface area (Å²) in [6.45, 7) is 5.90. The van der Waals surface area contributed by atoms with Gasteiger partial charge in [-0.3, -0.25) is 29.0 Å². The number of carbonyl (C=O) groups excluding carboxylic acids is 4. The molecule has 0 aromatic rings. The van der Waals surface area contributed by atoms with Crippen molar-refractivity contribution in [2.24, 2.45) is 0 Å². The van der Waals surface area contributed by atoms with E-state index in [1.165, 1.54) is 0 Å². The number of amides is 4. The first-order valence-electron chi connectivity index (χ1n) is 13.9. The van der Waals surface area contributed by atoms with Gasteiger partial charge in [-0.2, -0.15) is 0 Å². The minimum atomic E-state index is -0.249. The molecule has 4 saturated heterocycles. The fourth-order valence-corrected chi connectivity index (χ4v) is 7.61. The van der Waals surface area contributed by atoms with E-state index >= 15 is 0 Å². The van der Waals surface area contributed by atoms with Crippen LogP contribution in [0.25, 0.3) is 0 Å². The highest BCUT2D eigenvalue weighted by atomic mass is 32.2. The Balaban J connectivity index is 1.18. The van der Waals surface area contributed by atoms with Crippen molar-refractivity contribution in [1.82, 2.24) is 19.6 Å². The lowest BCUT2D eigenvalue weighted by molar-refractivity contribution is -0.136. The average Bonchev–Trinajstić information content (AvgIpc) is 3.41. The molecule has 4 fully saturated rings. The van der Waals surface area contributed by atoms with Crippen molar-refractivity contribution in [3.05, 3.63) is 9.81 Å². The number of carbonyl (C=O) groups is 4. The van der Waals surface area contributed by atoms with Gasteiger partial charge in [-0.25, -0.2) is 0 Å². The van der Waals surface area contributed by atoms with Crippen molar-refractivity contribution in [1.29, 1.82) is 0 Å². The summed E-state index contributed by atoms with van der Waals surface area (Å²) < 4.78 is 11.5. The number of morpholine rings is 2. The summed E-state index contributed by atoms with van der Waals surface area (Å²) in [6.07, 6.45) is 5.56. The number of hydrogen-bond donors (Lipinski definition) is 0. The van der Waals surface area contributed by atoms with Gasteiger partial charge in [-0.1, -0.05) is 60.8 Å². The Morgan fingerprint density at radius 3 is 1.38 bits per heavy atom. The Morgan fingerprint density at radius 2 is 1.00 bits per heavy atom. The molecule has 4 amide bonds. The molecule has 0 spiro atoms. The second-order valence-electron chi connectivity index (χ2n) is 9.92. The first-order valence-corrected chi connectivity index (χ1v) is 16.3. The van der Waals surface area contributed by atoms with E-state index in [2.05, 4.69) is 0 Å². The third-order valence-electron chi connectivity index (χ3n) is 7.18. The van der Waals surface area contributed by atoms with E-state index in [-0.39, 0.29) is 23.6 Å². The first-order chi connectivity index (χ1) is 19.4. The monoisotopic (exact) mass is 628 g/mol. The van der Waals surface area contributed by atoms with Crippen molar-refractivity contribution >= 4 is 80.2 Å². The van der Waals surface area contributed by atoms with Crippen molar-refractivity contribution in [3.8, 4) is 0 Å². The van der Waals surface area contributed by atoms with Crippen LogP contribution in [0.3, 0.4) is 0 Å². The van der Waals surface area contributed by atoms with Crippen molar-refractivity contribution in [3.63, 3.8) is 0 Å². The van der Waals surface area contributed by atoms with Gasteiger partial charge in [0.05, 0.1) is 36.2 Å². The molecule has 4 aliphatic rings. The SMILES string of the molecule is O=C(CCCCCN1C(=O)/C(=C2\SC(=S)N(CCCCCC(=O)N3CCOCC3)C2=O)SC1=S)N1CCOCC1. The highest BCUT2D eigenvalue weighted by Gasteiger charge is 2.41. The van der Waals surface area contributed by atoms with Gasteiger partial charge in [-0.15, -0.1) is 0 Å². The van der Waals surface area contributed by atoms with E-state index in [9.17, 15) is 19.2 Å². The number of ether oxygens (including phenoxy) is 2. The molecule has 14 heteroatoms. The lowest BCUT2D eigenvalue weighted by Gasteiger charge is -2.26. The topological polar surface area (TPSA) is 99.7 Å². The molecule has 0 atom stereocenters. The zero-order valence-corrected chi connectivity index (χ0v) is 25.9. The molecule has 0 aromatic carbocycles. The molecule has 0 N–H and O–H groups in total. The van der Waals surface area contributed by atoms with Gasteiger partial charge in [0.15, 0.2) is 0 Å². The number of hydrogen-bond acceptors (Lipinski definition) is 10. The molecule has 0 radical (unpaired) electrons. The number of nitrogens with zero attached hydrogens (tertiary/aromatic N) is 4. The van der Waals surface area contributed by atoms with Crippen LogP contribution in [0.5, 0.6) is 0 Å². The van der Waals surface area contributed by atoms with E-state index in [1.807, 2.05) is 9.80 Å². The van der Waals surface area contributed by atoms with Crippen LogP contribution in [0, 0.1) is 0 Å². The van der Waals surface area contributed by atoms with Crippen LogP contribution in [0.2, 0.25) is 0 Å². The average molecular weight is 629 g/mol. The Kier molecular flexibility index (Phi) is 12.2. The zero-order chi connectivity index (χ0) is 28.5. The normalized spacial score (nSPS) is 22.2. The smallest absolute Gasteiger partial charge is 0.267 e. The largest absolute Gasteiger partial charge is 0.378 e. The van der Waals surface area contributed by atoms with Crippen molar-refractivity contribution in [2.45, 2.75) is 51.4 Å². The molecule has 0 saturated carbocycles. The first kappa shape index (κ1) is 31.4. The second-order valence-corrected chi connectivity index (χ2v) is 13.2. The van der Waals surface area contributed by atoms with Gasteiger partial charge in [0.25, 0.3) is 11.8 Å². The van der Waals surface area contributed by atoms with Gasteiger partial charge in [-0.05, 0) is 25.7 Å². The maximum Gasteiger partial charge on any atom is 0.267 e. The van der Waals surface area contributed by atoms with Crippen LogP contribution < -0.4 is 0 Å². The van der Waals surface area contributed by atoms with Crippen molar-refractivity contribution in [2.75, 3.05) is 65.7 Å². The summed E-state index contributed by atoms with van der Waals surface area (Å²) >= 11 is 13.2. The number of rotatable bonds is 12. The molecule has 0 aromatic heterocycles. The number of thioether (sulfide) groups is 2. The van der Waals surface area contributed by atoms with Crippen LogP contribution in [-0.2, 0) is 28.7 Å². The molecule has 0 bridgehead atoms. The minimum Gasteiger partial charge on any atom is -0.378 e. The van der Waals surface area contributed by atoms with E-state index in [0.29, 0.717) is 97.0 Å². The predicted molar refractivity (Wildman–Crippen MR) is 163 cm³/mol. The Hall–Kier alpha value is -1.58. The summed E-state index contributed by atoms with van der Waals surface area (Å²) in [5.41, 5.74) is 0. The third kappa shape index (κ3) is 8.25. The molecule has 4 aliphatic heterocycles. The Bertz CT molecular complexity index is 962. The van der Waals surface area contributed by atoms with Gasteiger partial charge < -0.3 is 19.3 Å². The zero-order valence-electron chi connectivity index (χ0n) is 22.6. The maximum atomic E-state index is 13.1. The highest BCUT2D eigenvalue weighted by Crippen LogP contribution is 2.42. The van der Waals surface area contributed by atoms with Gasteiger partial charge in [0.1, 0.15) is 8.64 Å². The molecule has 0 unspecified atom stereocenters. The van der Waals surface area contributed by atoms with Gasteiger partial charge >= 0.3 is 0 Å². The second kappa shape index (κ2) is 15.6. The van der Waals surface area contributed by atoms with Crippen LogP contribution in [-0.4, -0.2) is 118 Å². The van der Waals surface area contributed by atoms with E-state index < -0.39 is 0 Å². The van der Waals surface area contributed by atoms with Gasteiger partial charge in [0, 0.05) is 52.1 Å². The molecule has 220 valence electrons. The summed E-state index contributed by atoms with van der Waals surface area (Å²) in [5.74, 6) is -0.196. The molecule has 4 heterocycles. The Labute approximate surface area is 254 Å². The maximum absolute atomic E-state index is 13.1. The summed E-state index contributed by atoms with van der Waals surface area (Å²) in [4.78, 5) is 58.4. The number of thiocarbonyl (C=S) groups is 2. The van der Waals surface area contributed by atoms with Crippen LogP contribution in [0.1, 0.15) is 51.4 Å². The molecule has 0 aliphatic carbocycles. The standard InChI is InChI=1S/C26H36N4O6S4/c31-19(27-11-15-35-16-12-27)7-3-1-5-9-29-23(33)21(39-25(29)37)22-24(34)30(26(38)40-22)10-6-2-4-8-20(32)28-13-17-36-18-14-28/h1-18H2/b22-21+. The van der Waals surface area contributed by atoms with E-state index in [0.717, 1.165) is 62.0 Å². The third-order valence-corrected chi connectivity index (χ3v) is 10.2. The van der Waals surface area contributed by atoms with Crippen LogP contribution in [0.15, 0.2) is 9.81 Å². The molecule has 40 heavy (non-hydrogen) atoms. The van der Waals surface area contributed by atoms with E-state index in [1.54, 1.807) is 9.80 Å². The van der Waals surface area contributed by atoms with Crippen LogP contribution >= 0.6 is 48.0 Å².